The fraction of sp³-hybridized carbons (Fsp3) is 0.588. The molecule has 4 aliphatic carbocycles. The van der Waals surface area contributed by atoms with Gasteiger partial charge in [0.2, 0.25) is 0 Å². The molecule has 5 heteroatoms. The molecule has 1 amide bonds. The number of carbonyl (C=O) groups is 1. The third-order valence-corrected chi connectivity index (χ3v) is 6.62. The second kappa shape index (κ2) is 3.89. The summed E-state index contributed by atoms with van der Waals surface area (Å²) in [5.41, 5.74) is 1.27. The molecule has 0 N–H and O–H groups in total. The minimum Gasteiger partial charge on any atom is -0.328 e. The zero-order valence-electron chi connectivity index (χ0n) is 12.3. The van der Waals surface area contributed by atoms with Crippen LogP contribution in [0.3, 0.4) is 0 Å². The molecule has 1 aromatic rings. The Balaban J connectivity index is 1.58. The average Bonchev–Trinajstić information content (AvgIpc) is 3.04. The second-order valence-electron chi connectivity index (χ2n) is 7.60. The van der Waals surface area contributed by atoms with Gasteiger partial charge in [-0.2, -0.15) is 0 Å². The van der Waals surface area contributed by atoms with Crippen molar-refractivity contribution in [2.45, 2.75) is 44.2 Å². The largest absolute Gasteiger partial charge is 0.328 e. The Morgan fingerprint density at radius 2 is 1.91 bits per heavy atom. The maximum absolute atomic E-state index is 12.9. The molecule has 4 bridgehead atoms. The lowest BCUT2D eigenvalue weighted by atomic mass is 9.80. The molecule has 2 atom stereocenters. The predicted octanol–water partition coefficient (Wildman–Crippen LogP) is 3.13. The van der Waals surface area contributed by atoms with Crippen molar-refractivity contribution in [3.63, 3.8) is 0 Å². The Kier molecular flexibility index (Phi) is 2.23. The molecule has 2 unspecified atom stereocenters. The minimum absolute atomic E-state index is 0.00243. The van der Waals surface area contributed by atoms with Crippen molar-refractivity contribution >= 4 is 11.6 Å². The number of benzene rings is 1. The Morgan fingerprint density at radius 1 is 1.18 bits per heavy atom. The smallest absolute Gasteiger partial charge is 0.275 e. The Hall–Kier alpha value is -1.91. The van der Waals surface area contributed by atoms with Gasteiger partial charge in [-0.15, -0.1) is 0 Å². The number of hydrogen-bond donors (Lipinski definition) is 0. The number of carbonyl (C=O) groups excluding carboxylic acids is 1. The van der Waals surface area contributed by atoms with Crippen LogP contribution in [0.4, 0.5) is 5.69 Å². The van der Waals surface area contributed by atoms with E-state index in [4.69, 9.17) is 0 Å². The Morgan fingerprint density at radius 3 is 2.59 bits per heavy atom. The first-order valence-corrected chi connectivity index (χ1v) is 8.17. The summed E-state index contributed by atoms with van der Waals surface area (Å²) in [6.07, 6.45) is 6.05. The lowest BCUT2D eigenvalue weighted by Gasteiger charge is -2.41. The molecule has 114 valence electrons. The first kappa shape index (κ1) is 12.6. The van der Waals surface area contributed by atoms with Gasteiger partial charge in [0.15, 0.2) is 0 Å². The molecule has 1 aliphatic heterocycles. The van der Waals surface area contributed by atoms with E-state index < -0.39 is 0 Å². The van der Waals surface area contributed by atoms with E-state index in [-0.39, 0.29) is 22.1 Å². The highest BCUT2D eigenvalue weighted by Crippen LogP contribution is 2.63. The molecule has 1 aromatic carbocycles. The highest BCUT2D eigenvalue weighted by atomic mass is 16.6. The molecular formula is C17H18N2O3. The van der Waals surface area contributed by atoms with Gasteiger partial charge in [0.05, 0.1) is 22.6 Å². The highest BCUT2D eigenvalue weighted by Gasteiger charge is 2.62. The van der Waals surface area contributed by atoms with Crippen LogP contribution in [0.25, 0.3) is 0 Å². The zero-order valence-corrected chi connectivity index (χ0v) is 12.3. The van der Waals surface area contributed by atoms with Gasteiger partial charge in [-0.1, -0.05) is 6.07 Å². The summed E-state index contributed by atoms with van der Waals surface area (Å²) in [7, 11) is 0. The van der Waals surface area contributed by atoms with E-state index in [2.05, 4.69) is 0 Å². The number of nitro groups is 1. The second-order valence-corrected chi connectivity index (χ2v) is 7.60. The molecule has 4 saturated carbocycles. The maximum atomic E-state index is 12.9. The van der Waals surface area contributed by atoms with E-state index in [1.807, 2.05) is 4.90 Å². The molecule has 0 aromatic heterocycles. The summed E-state index contributed by atoms with van der Waals surface area (Å²) in [6, 6.07) is 4.90. The molecule has 0 spiro atoms. The summed E-state index contributed by atoms with van der Waals surface area (Å²) < 4.78 is 0. The van der Waals surface area contributed by atoms with E-state index in [0.717, 1.165) is 24.7 Å². The fourth-order valence-corrected chi connectivity index (χ4v) is 6.04. The van der Waals surface area contributed by atoms with Crippen LogP contribution < -0.4 is 0 Å². The van der Waals surface area contributed by atoms with Crippen molar-refractivity contribution in [2.75, 3.05) is 0 Å². The molecule has 6 rings (SSSR count). The summed E-state index contributed by atoms with van der Waals surface area (Å²) in [5, 5.41) is 11.3. The SMILES string of the molecule is O=C1c2cccc([N+](=O)[O-])c2CN1C12CC3CC(CC1C3)C2. The van der Waals surface area contributed by atoms with E-state index in [9.17, 15) is 14.9 Å². The lowest BCUT2D eigenvalue weighted by molar-refractivity contribution is -0.385. The van der Waals surface area contributed by atoms with Gasteiger partial charge < -0.3 is 4.90 Å². The zero-order chi connectivity index (χ0) is 15.1. The van der Waals surface area contributed by atoms with Crippen LogP contribution in [0.1, 0.15) is 48.0 Å². The number of rotatable bonds is 2. The van der Waals surface area contributed by atoms with E-state index in [0.29, 0.717) is 23.6 Å². The molecule has 4 fully saturated rings. The summed E-state index contributed by atoms with van der Waals surface area (Å²) in [5.74, 6) is 2.17. The van der Waals surface area contributed by atoms with Gasteiger partial charge in [-0.25, -0.2) is 0 Å². The lowest BCUT2D eigenvalue weighted by Crippen LogP contribution is -2.49. The van der Waals surface area contributed by atoms with Gasteiger partial charge >= 0.3 is 0 Å². The van der Waals surface area contributed by atoms with Crippen molar-refractivity contribution in [1.82, 2.24) is 4.90 Å². The molecule has 22 heavy (non-hydrogen) atoms. The van der Waals surface area contributed by atoms with Gasteiger partial charge in [0.25, 0.3) is 11.6 Å². The fourth-order valence-electron chi connectivity index (χ4n) is 6.04. The summed E-state index contributed by atoms with van der Waals surface area (Å²) in [4.78, 5) is 25.8. The van der Waals surface area contributed by atoms with Crippen molar-refractivity contribution in [3.8, 4) is 0 Å². The van der Waals surface area contributed by atoms with Crippen molar-refractivity contribution in [3.05, 3.63) is 39.4 Å². The molecule has 0 radical (unpaired) electrons. The first-order chi connectivity index (χ1) is 10.6. The normalized spacial score (nSPS) is 37.9. The molecular weight excluding hydrogens is 280 g/mol. The van der Waals surface area contributed by atoms with Crippen molar-refractivity contribution < 1.29 is 9.72 Å². The van der Waals surface area contributed by atoms with E-state index in [1.54, 1.807) is 12.1 Å². The van der Waals surface area contributed by atoms with Gasteiger partial charge in [0.1, 0.15) is 0 Å². The highest BCUT2D eigenvalue weighted by molar-refractivity contribution is 6.00. The first-order valence-electron chi connectivity index (χ1n) is 8.17. The monoisotopic (exact) mass is 298 g/mol. The summed E-state index contributed by atoms with van der Waals surface area (Å²) in [6.45, 7) is 0.432. The van der Waals surface area contributed by atoms with Crippen molar-refractivity contribution in [2.24, 2.45) is 17.8 Å². The number of amides is 1. The predicted molar refractivity (Wildman–Crippen MR) is 79.3 cm³/mol. The van der Waals surface area contributed by atoms with Crippen LogP contribution in [0.15, 0.2) is 18.2 Å². The van der Waals surface area contributed by atoms with E-state index in [1.165, 1.54) is 25.3 Å². The Bertz CT molecular complexity index is 700. The van der Waals surface area contributed by atoms with Gasteiger partial charge in [-0.05, 0) is 55.9 Å². The number of hydrogen-bond acceptors (Lipinski definition) is 3. The van der Waals surface area contributed by atoms with Crippen LogP contribution in [-0.4, -0.2) is 21.3 Å². The average molecular weight is 298 g/mol. The number of fused-ring (bicyclic) bond motifs is 1. The molecule has 5 nitrogen and oxygen atoms in total. The number of nitro benzene ring substituents is 1. The standard InChI is InChI=1S/C17H18N2O3/c20-16-13-2-1-3-15(19(21)22)14(13)9-18(16)17-7-10-4-11(8-17)6-12(17)5-10/h1-3,10-12H,4-9H2. The van der Waals surface area contributed by atoms with Crippen LogP contribution in [-0.2, 0) is 6.54 Å². The Labute approximate surface area is 128 Å². The molecule has 1 heterocycles. The van der Waals surface area contributed by atoms with Crippen LogP contribution in [0.2, 0.25) is 0 Å². The van der Waals surface area contributed by atoms with E-state index >= 15 is 0 Å². The third-order valence-electron chi connectivity index (χ3n) is 6.62. The maximum Gasteiger partial charge on any atom is 0.275 e. The van der Waals surface area contributed by atoms with Crippen molar-refractivity contribution in [1.29, 1.82) is 0 Å². The quantitative estimate of drug-likeness (QED) is 0.622. The minimum atomic E-state index is -0.356. The molecule has 5 aliphatic rings. The van der Waals surface area contributed by atoms with Gasteiger partial charge in [0, 0.05) is 11.6 Å². The van der Waals surface area contributed by atoms with Gasteiger partial charge in [-0.3, -0.25) is 14.9 Å². The topological polar surface area (TPSA) is 63.4 Å². The van der Waals surface area contributed by atoms with Crippen LogP contribution in [0, 0.1) is 27.9 Å². The third kappa shape index (κ3) is 1.37. The molecule has 0 saturated heterocycles. The summed E-state index contributed by atoms with van der Waals surface area (Å²) >= 11 is 0. The number of nitrogens with zero attached hydrogens (tertiary/aromatic N) is 2. The van der Waals surface area contributed by atoms with Crippen LogP contribution >= 0.6 is 0 Å². The van der Waals surface area contributed by atoms with Crippen LogP contribution in [0.5, 0.6) is 0 Å².